The predicted octanol–water partition coefficient (Wildman–Crippen LogP) is 5.35. The molecule has 1 aliphatic rings. The number of hydrogen-bond acceptors (Lipinski definition) is 7. The molecule has 0 spiro atoms. The number of ether oxygens (including phenoxy) is 1. The first kappa shape index (κ1) is 34.8. The Bertz CT molecular complexity index is 1850. The number of amides is 1. The predicted molar refractivity (Wildman–Crippen MR) is 165 cm³/mol. The van der Waals surface area contributed by atoms with Crippen molar-refractivity contribution < 1.29 is 31.1 Å². The Kier molecular flexibility index (Phi) is 10.0. The lowest BCUT2D eigenvalue weighted by atomic mass is 10.0. The number of likely N-dealkylation sites (tertiary alicyclic amines) is 1. The second-order valence-corrected chi connectivity index (χ2v) is 14.8. The Morgan fingerprint density at radius 1 is 1.13 bits per heavy atom. The highest BCUT2D eigenvalue weighted by Crippen LogP contribution is 2.39. The van der Waals surface area contributed by atoms with Crippen LogP contribution < -0.4 is 16.6 Å². The first-order valence-corrected chi connectivity index (χ1v) is 16.5. The molecule has 1 atom stereocenters. The van der Waals surface area contributed by atoms with Crippen molar-refractivity contribution in [3.8, 4) is 0 Å². The molecule has 1 fully saturated rings. The summed E-state index contributed by atoms with van der Waals surface area (Å²) in [6.07, 6.45) is -4.31. The van der Waals surface area contributed by atoms with Crippen LogP contribution in [0.1, 0.15) is 57.2 Å². The number of hydrogen-bond donors (Lipinski definition) is 2. The molecule has 16 heteroatoms. The van der Waals surface area contributed by atoms with Gasteiger partial charge in [0.1, 0.15) is 5.60 Å². The quantitative estimate of drug-likeness (QED) is 0.326. The maximum absolute atomic E-state index is 14.5. The van der Waals surface area contributed by atoms with E-state index in [-0.39, 0.29) is 51.4 Å². The molecule has 0 unspecified atom stereocenters. The third-order valence-corrected chi connectivity index (χ3v) is 9.91. The van der Waals surface area contributed by atoms with Crippen LogP contribution >= 0.6 is 23.2 Å². The van der Waals surface area contributed by atoms with Gasteiger partial charge in [-0.05, 0) is 75.5 Å². The lowest BCUT2D eigenvalue weighted by Crippen LogP contribution is -2.42. The van der Waals surface area contributed by atoms with Crippen molar-refractivity contribution in [3.05, 3.63) is 71.8 Å². The van der Waals surface area contributed by atoms with Crippen LogP contribution in [-0.4, -0.2) is 59.4 Å². The van der Waals surface area contributed by atoms with Gasteiger partial charge in [-0.1, -0.05) is 30.1 Å². The minimum atomic E-state index is -4.92. The minimum absolute atomic E-state index is 0.0233. The number of nitrogens with zero attached hydrogens (tertiary/aromatic N) is 2. The van der Waals surface area contributed by atoms with E-state index < -0.39 is 61.5 Å². The highest BCUT2D eigenvalue weighted by Gasteiger charge is 2.38. The van der Waals surface area contributed by atoms with E-state index in [0.717, 1.165) is 0 Å². The van der Waals surface area contributed by atoms with E-state index in [2.05, 4.69) is 10.3 Å². The van der Waals surface area contributed by atoms with Crippen molar-refractivity contribution in [3.63, 3.8) is 0 Å². The lowest BCUT2D eigenvalue weighted by molar-refractivity contribution is -0.138. The molecule has 1 aromatic heterocycles. The third-order valence-electron chi connectivity index (χ3n) is 7.43. The number of carbonyl (C=O) groups is 1. The molecule has 0 aliphatic carbocycles. The van der Waals surface area contributed by atoms with E-state index in [9.17, 15) is 36.0 Å². The second-order valence-electron chi connectivity index (χ2n) is 11.8. The average Bonchev–Trinajstić information content (AvgIpc) is 3.37. The lowest BCUT2D eigenvalue weighted by Gasteiger charge is -2.27. The van der Waals surface area contributed by atoms with Crippen molar-refractivity contribution in [2.75, 3.05) is 18.8 Å². The van der Waals surface area contributed by atoms with Gasteiger partial charge in [-0.2, -0.15) is 13.2 Å². The molecule has 0 bridgehead atoms. The van der Waals surface area contributed by atoms with E-state index in [1.54, 1.807) is 25.7 Å². The monoisotopic (exact) mass is 692 g/mol. The molecule has 4 rings (SSSR count). The number of benzene rings is 2. The molecule has 1 aliphatic heterocycles. The van der Waals surface area contributed by atoms with Gasteiger partial charge in [0, 0.05) is 24.2 Å². The summed E-state index contributed by atoms with van der Waals surface area (Å²) in [6, 6.07) is 4.20. The van der Waals surface area contributed by atoms with Crippen molar-refractivity contribution >= 4 is 50.0 Å². The zero-order valence-corrected chi connectivity index (χ0v) is 27.3. The summed E-state index contributed by atoms with van der Waals surface area (Å²) in [5.41, 5.74) is -4.55. The first-order valence-electron chi connectivity index (χ1n) is 14.1. The van der Waals surface area contributed by atoms with E-state index in [4.69, 9.17) is 27.9 Å². The van der Waals surface area contributed by atoms with Gasteiger partial charge in [0.2, 0.25) is 0 Å². The van der Waals surface area contributed by atoms with Crippen LogP contribution in [0.2, 0.25) is 10.0 Å². The highest BCUT2D eigenvalue weighted by molar-refractivity contribution is 7.91. The van der Waals surface area contributed by atoms with E-state index in [0.29, 0.717) is 30.0 Å². The van der Waals surface area contributed by atoms with E-state index in [1.807, 2.05) is 0 Å². The molecule has 3 aromatic rings. The zero-order chi connectivity index (χ0) is 33.5. The number of alkyl halides is 3. The second kappa shape index (κ2) is 13.0. The fraction of sp³-hybridized carbons (Fsp3) is 0.483. The van der Waals surface area contributed by atoms with Gasteiger partial charge in [-0.25, -0.2) is 18.0 Å². The van der Waals surface area contributed by atoms with Crippen molar-refractivity contribution in [1.29, 1.82) is 0 Å². The minimum Gasteiger partial charge on any atom is -0.444 e. The van der Waals surface area contributed by atoms with Gasteiger partial charge in [-0.3, -0.25) is 14.3 Å². The van der Waals surface area contributed by atoms with Crippen LogP contribution in [0.4, 0.5) is 18.0 Å². The maximum Gasteiger partial charge on any atom is 0.416 e. The number of nitrogens with one attached hydrogen (secondary N) is 2. The van der Waals surface area contributed by atoms with E-state index in [1.165, 1.54) is 25.1 Å². The summed E-state index contributed by atoms with van der Waals surface area (Å²) in [5, 5.41) is 1.85. The van der Waals surface area contributed by atoms with Gasteiger partial charge < -0.3 is 15.0 Å². The topological polar surface area (TPSA) is 131 Å². The SMILES string of the molecule is CCS(=O)(=O)c1ccc(Cl)cc1Cn1c(=O)[nH]c2c(Cl)c(CN3CCC[C@@H]3CNC(=O)OC(C)(C)C)c(C(F)(F)F)cc2c1=O. The fourth-order valence-corrected chi connectivity index (χ4v) is 6.91. The Morgan fingerprint density at radius 3 is 2.44 bits per heavy atom. The number of aromatic nitrogens is 2. The van der Waals surface area contributed by atoms with Crippen LogP contribution in [0.5, 0.6) is 0 Å². The fourth-order valence-electron chi connectivity index (χ4n) is 5.30. The molecule has 246 valence electrons. The molecule has 10 nitrogen and oxygen atoms in total. The number of fused-ring (bicyclic) bond motifs is 1. The molecular formula is C29H33Cl2F3N4O6S. The first-order chi connectivity index (χ1) is 20.8. The van der Waals surface area contributed by atoms with Crippen LogP contribution in [0, 0.1) is 0 Å². The van der Waals surface area contributed by atoms with Crippen LogP contribution in [0.15, 0.2) is 38.8 Å². The Balaban J connectivity index is 1.75. The number of carbonyl (C=O) groups excluding carboxylic acids is 1. The van der Waals surface area contributed by atoms with Crippen LogP contribution in [0.25, 0.3) is 10.9 Å². The molecule has 0 radical (unpaired) electrons. The normalized spacial score (nSPS) is 16.3. The van der Waals surface area contributed by atoms with Gasteiger partial charge >= 0.3 is 18.0 Å². The molecule has 45 heavy (non-hydrogen) atoms. The van der Waals surface area contributed by atoms with Crippen LogP contribution in [-0.2, 0) is 33.8 Å². The molecule has 2 N–H and O–H groups in total. The molecule has 2 heterocycles. The van der Waals surface area contributed by atoms with E-state index >= 15 is 0 Å². The van der Waals surface area contributed by atoms with Crippen molar-refractivity contribution in [1.82, 2.24) is 19.8 Å². The largest absolute Gasteiger partial charge is 0.444 e. The Labute approximate surface area is 267 Å². The molecule has 1 saturated heterocycles. The van der Waals surface area contributed by atoms with Crippen LogP contribution in [0.3, 0.4) is 0 Å². The van der Waals surface area contributed by atoms with Crippen molar-refractivity contribution in [2.24, 2.45) is 0 Å². The molecule has 1 amide bonds. The van der Waals surface area contributed by atoms with Crippen molar-refractivity contribution in [2.45, 2.75) is 76.3 Å². The standard InChI is InChI=1S/C29H33Cl2F3N4O6S/c1-5-45(42,43)22-9-8-17(30)11-16(22)14-38-25(39)19-12-21(29(32,33)34)20(23(31)24(19)36-26(38)40)15-37-10-6-7-18(37)13-35-27(41)44-28(2,3)4/h8-9,11-12,18H,5-7,10,13-15H2,1-4H3,(H,35,41)(H,36,40)/t18-/m1/s1. The number of rotatable bonds is 8. The summed E-state index contributed by atoms with van der Waals surface area (Å²) < 4.78 is 74.5. The average molecular weight is 694 g/mol. The number of H-pyrrole nitrogens is 1. The molecular weight excluding hydrogens is 660 g/mol. The Hall–Kier alpha value is -3.07. The van der Waals surface area contributed by atoms with Gasteiger partial charge in [-0.15, -0.1) is 0 Å². The highest BCUT2D eigenvalue weighted by atomic mass is 35.5. The molecule has 2 aromatic carbocycles. The summed E-state index contributed by atoms with van der Waals surface area (Å²) in [5.74, 6) is -0.271. The summed E-state index contributed by atoms with van der Waals surface area (Å²) in [6.45, 7) is 6.26. The van der Waals surface area contributed by atoms with Gasteiger partial charge in [0.25, 0.3) is 5.56 Å². The summed E-state index contributed by atoms with van der Waals surface area (Å²) in [7, 11) is -3.80. The summed E-state index contributed by atoms with van der Waals surface area (Å²) >= 11 is 12.6. The molecule has 0 saturated carbocycles. The number of sulfone groups is 1. The number of halogens is 5. The van der Waals surface area contributed by atoms with Gasteiger partial charge in [0.15, 0.2) is 9.84 Å². The number of aromatic amines is 1. The Morgan fingerprint density at radius 2 is 1.82 bits per heavy atom. The zero-order valence-electron chi connectivity index (χ0n) is 25.0. The summed E-state index contributed by atoms with van der Waals surface area (Å²) in [4.78, 5) is 42.8. The van der Waals surface area contributed by atoms with Gasteiger partial charge in [0.05, 0.1) is 38.7 Å². The number of alkyl carbamates (subject to hydrolysis) is 1. The maximum atomic E-state index is 14.5. The third kappa shape index (κ3) is 7.84. The smallest absolute Gasteiger partial charge is 0.416 e.